The van der Waals surface area contributed by atoms with Gasteiger partial charge in [-0.2, -0.15) is 0 Å². The Hall–Kier alpha value is -0.0800. The van der Waals surface area contributed by atoms with Gasteiger partial charge in [0, 0.05) is 6.42 Å². The van der Waals surface area contributed by atoms with Gasteiger partial charge in [-0.05, 0) is 11.8 Å². The van der Waals surface area contributed by atoms with Gasteiger partial charge in [0.1, 0.15) is 0 Å². The third-order valence-corrected chi connectivity index (χ3v) is 2.65. The van der Waals surface area contributed by atoms with Gasteiger partial charge >= 0.3 is 0 Å². The summed E-state index contributed by atoms with van der Waals surface area (Å²) in [5, 5.41) is 0. The van der Waals surface area contributed by atoms with E-state index in [1.165, 1.54) is 6.42 Å². The van der Waals surface area contributed by atoms with Crippen molar-refractivity contribution in [3.63, 3.8) is 0 Å². The van der Waals surface area contributed by atoms with E-state index in [4.69, 9.17) is 9.47 Å². The quantitative estimate of drug-likeness (QED) is 0.695. The summed E-state index contributed by atoms with van der Waals surface area (Å²) in [6.07, 6.45) is 2.37. The summed E-state index contributed by atoms with van der Waals surface area (Å²) >= 11 is 0. The van der Waals surface area contributed by atoms with Crippen molar-refractivity contribution in [3.05, 3.63) is 0 Å². The summed E-state index contributed by atoms with van der Waals surface area (Å²) in [7, 11) is 0. The topological polar surface area (TPSA) is 18.5 Å². The van der Waals surface area contributed by atoms with Crippen molar-refractivity contribution < 1.29 is 9.47 Å². The molecule has 0 spiro atoms. The standard InChI is InChI=1S/C10H20O2.C2H6/c1-4-9(8(2)3)7-10-11-5-6-12-10;1-2/h8-10H,4-7H2,1-3H3;1-2H3. The first-order valence-corrected chi connectivity index (χ1v) is 5.97. The van der Waals surface area contributed by atoms with Gasteiger partial charge < -0.3 is 9.47 Å². The maximum absolute atomic E-state index is 5.41. The average molecular weight is 202 g/mol. The third-order valence-electron chi connectivity index (χ3n) is 2.65. The van der Waals surface area contributed by atoms with Crippen LogP contribution in [-0.2, 0) is 9.47 Å². The Morgan fingerprint density at radius 1 is 1.14 bits per heavy atom. The number of ether oxygens (including phenoxy) is 2. The first-order valence-electron chi connectivity index (χ1n) is 5.97. The minimum absolute atomic E-state index is 0.0809. The minimum atomic E-state index is 0.0809. The lowest BCUT2D eigenvalue weighted by Crippen LogP contribution is -2.17. The Morgan fingerprint density at radius 2 is 1.64 bits per heavy atom. The predicted molar refractivity (Wildman–Crippen MR) is 60.3 cm³/mol. The van der Waals surface area contributed by atoms with E-state index in [1.807, 2.05) is 13.8 Å². The number of hydrogen-bond donors (Lipinski definition) is 0. The highest BCUT2D eigenvalue weighted by molar-refractivity contribution is 4.65. The Bertz CT molecular complexity index is 117. The van der Waals surface area contributed by atoms with Gasteiger partial charge in [-0.1, -0.05) is 41.0 Å². The van der Waals surface area contributed by atoms with Crippen molar-refractivity contribution in [2.75, 3.05) is 13.2 Å². The monoisotopic (exact) mass is 202 g/mol. The molecule has 0 aromatic rings. The average Bonchev–Trinajstić information content (AvgIpc) is 2.69. The van der Waals surface area contributed by atoms with Gasteiger partial charge in [0.15, 0.2) is 6.29 Å². The molecular weight excluding hydrogens is 176 g/mol. The van der Waals surface area contributed by atoms with E-state index in [2.05, 4.69) is 20.8 Å². The molecule has 0 bridgehead atoms. The maximum Gasteiger partial charge on any atom is 0.158 e. The molecule has 1 aliphatic rings. The number of hydrogen-bond acceptors (Lipinski definition) is 2. The van der Waals surface area contributed by atoms with Gasteiger partial charge in [0.2, 0.25) is 0 Å². The van der Waals surface area contributed by atoms with Crippen LogP contribution in [0.5, 0.6) is 0 Å². The van der Waals surface area contributed by atoms with Crippen LogP contribution in [0, 0.1) is 11.8 Å². The Kier molecular flexibility index (Phi) is 8.20. The number of rotatable bonds is 4. The van der Waals surface area contributed by atoms with Crippen LogP contribution < -0.4 is 0 Å². The van der Waals surface area contributed by atoms with E-state index in [0.29, 0.717) is 0 Å². The SMILES string of the molecule is CC.CCC(CC1OCCO1)C(C)C. The second-order valence-corrected chi connectivity index (χ2v) is 3.82. The summed E-state index contributed by atoms with van der Waals surface area (Å²) in [6.45, 7) is 12.3. The highest BCUT2D eigenvalue weighted by Crippen LogP contribution is 2.23. The summed E-state index contributed by atoms with van der Waals surface area (Å²) in [4.78, 5) is 0. The fraction of sp³-hybridized carbons (Fsp3) is 1.00. The Labute approximate surface area is 89.0 Å². The van der Waals surface area contributed by atoms with Crippen molar-refractivity contribution in [3.8, 4) is 0 Å². The van der Waals surface area contributed by atoms with Crippen molar-refractivity contribution >= 4 is 0 Å². The predicted octanol–water partition coefficient (Wildman–Crippen LogP) is 3.46. The second kappa shape index (κ2) is 8.25. The molecule has 1 unspecified atom stereocenters. The fourth-order valence-electron chi connectivity index (χ4n) is 1.70. The van der Waals surface area contributed by atoms with E-state index in [9.17, 15) is 0 Å². The molecule has 0 radical (unpaired) electrons. The molecule has 1 heterocycles. The maximum atomic E-state index is 5.41. The molecule has 14 heavy (non-hydrogen) atoms. The van der Waals surface area contributed by atoms with Crippen LogP contribution in [0.3, 0.4) is 0 Å². The zero-order valence-corrected chi connectivity index (χ0v) is 10.4. The normalized spacial score (nSPS) is 19.3. The van der Waals surface area contributed by atoms with Crippen LogP contribution >= 0.6 is 0 Å². The van der Waals surface area contributed by atoms with E-state index >= 15 is 0 Å². The van der Waals surface area contributed by atoms with Gasteiger partial charge in [-0.15, -0.1) is 0 Å². The minimum Gasteiger partial charge on any atom is -0.350 e. The van der Waals surface area contributed by atoms with E-state index < -0.39 is 0 Å². The highest BCUT2D eigenvalue weighted by Gasteiger charge is 2.21. The van der Waals surface area contributed by atoms with Crippen molar-refractivity contribution in [2.45, 2.75) is 53.8 Å². The zero-order valence-electron chi connectivity index (χ0n) is 10.4. The van der Waals surface area contributed by atoms with Crippen molar-refractivity contribution in [1.82, 2.24) is 0 Å². The fourth-order valence-corrected chi connectivity index (χ4v) is 1.70. The molecule has 1 rings (SSSR count). The molecule has 0 aromatic heterocycles. The van der Waals surface area contributed by atoms with E-state index in [1.54, 1.807) is 0 Å². The highest BCUT2D eigenvalue weighted by atomic mass is 16.7. The lowest BCUT2D eigenvalue weighted by atomic mass is 9.90. The van der Waals surface area contributed by atoms with Gasteiger partial charge in [-0.3, -0.25) is 0 Å². The molecule has 86 valence electrons. The van der Waals surface area contributed by atoms with Crippen LogP contribution in [0.15, 0.2) is 0 Å². The van der Waals surface area contributed by atoms with E-state index in [-0.39, 0.29) is 6.29 Å². The molecule has 0 aromatic carbocycles. The van der Waals surface area contributed by atoms with E-state index in [0.717, 1.165) is 31.5 Å². The third kappa shape index (κ3) is 4.97. The summed E-state index contributed by atoms with van der Waals surface area (Å²) in [6, 6.07) is 0. The van der Waals surface area contributed by atoms with Crippen molar-refractivity contribution in [1.29, 1.82) is 0 Å². The molecule has 0 amide bonds. The first-order chi connectivity index (χ1) is 6.74. The van der Waals surface area contributed by atoms with Crippen LogP contribution in [0.25, 0.3) is 0 Å². The van der Waals surface area contributed by atoms with Gasteiger partial charge in [0.25, 0.3) is 0 Å². The molecule has 1 saturated heterocycles. The molecular formula is C12H26O2. The molecule has 1 atom stereocenters. The van der Waals surface area contributed by atoms with Crippen molar-refractivity contribution in [2.24, 2.45) is 11.8 Å². The summed E-state index contributed by atoms with van der Waals surface area (Å²) in [5.41, 5.74) is 0. The summed E-state index contributed by atoms with van der Waals surface area (Å²) < 4.78 is 10.8. The lowest BCUT2D eigenvalue weighted by Gasteiger charge is -2.21. The molecule has 2 nitrogen and oxygen atoms in total. The molecule has 1 fully saturated rings. The first kappa shape index (κ1) is 13.9. The van der Waals surface area contributed by atoms with Crippen LogP contribution in [0.4, 0.5) is 0 Å². The molecule has 2 heteroatoms. The Morgan fingerprint density at radius 3 is 2.00 bits per heavy atom. The molecule has 1 aliphatic heterocycles. The summed E-state index contributed by atoms with van der Waals surface area (Å²) in [5.74, 6) is 1.48. The van der Waals surface area contributed by atoms with Crippen LogP contribution in [0.2, 0.25) is 0 Å². The molecule has 0 aliphatic carbocycles. The van der Waals surface area contributed by atoms with Crippen LogP contribution in [0.1, 0.15) is 47.5 Å². The van der Waals surface area contributed by atoms with Gasteiger partial charge in [0.05, 0.1) is 13.2 Å². The lowest BCUT2D eigenvalue weighted by molar-refractivity contribution is -0.0610. The molecule has 0 N–H and O–H groups in total. The largest absolute Gasteiger partial charge is 0.350 e. The zero-order chi connectivity index (χ0) is 11.0. The smallest absolute Gasteiger partial charge is 0.158 e. The second-order valence-electron chi connectivity index (χ2n) is 3.82. The molecule has 0 saturated carbocycles. The van der Waals surface area contributed by atoms with Crippen LogP contribution in [-0.4, -0.2) is 19.5 Å². The Balaban J connectivity index is 0.000000791. The van der Waals surface area contributed by atoms with Gasteiger partial charge in [-0.25, -0.2) is 0 Å².